The molecule has 0 radical (unpaired) electrons. The van der Waals surface area contributed by atoms with Crippen molar-refractivity contribution in [2.75, 3.05) is 11.5 Å². The molecule has 0 unspecified atom stereocenters. The zero-order valence-electron chi connectivity index (χ0n) is 6.22. The summed E-state index contributed by atoms with van der Waals surface area (Å²) in [6.07, 6.45) is 0. The van der Waals surface area contributed by atoms with Gasteiger partial charge in [0.1, 0.15) is 0 Å². The Balaban J connectivity index is -0.000000135. The number of rotatable bonds is 3. The van der Waals surface area contributed by atoms with E-state index in [0.29, 0.717) is 0 Å². The first kappa shape index (κ1) is 23.8. The maximum absolute atomic E-state index is 9.86. The Morgan fingerprint density at radius 2 is 0.923 bits per heavy atom. The average Bonchev–Trinajstić information content (AvgIpc) is 1.57. The van der Waals surface area contributed by atoms with Crippen molar-refractivity contribution in [2.45, 2.75) is 0 Å². The van der Waals surface area contributed by atoms with Crippen molar-refractivity contribution in [1.82, 2.24) is 0 Å². The molecular weight excluding hydrogens is 279 g/mol. The van der Waals surface area contributed by atoms with E-state index >= 15 is 0 Å². The van der Waals surface area contributed by atoms with E-state index in [2.05, 4.69) is 0 Å². The second-order valence-electron chi connectivity index (χ2n) is 1.57. The van der Waals surface area contributed by atoms with Gasteiger partial charge in [0.25, 0.3) is 20.2 Å². The fraction of sp³-hybridized carbons (Fsp3) is 1.00. The number of hydrogen-bond acceptors (Lipinski definition) is 4. The van der Waals surface area contributed by atoms with E-state index in [0.717, 1.165) is 0 Å². The van der Waals surface area contributed by atoms with Gasteiger partial charge in [0.15, 0.2) is 0 Å². The molecule has 0 saturated carbocycles. The molecular formula is C2H6Cl2MgO6S2. The van der Waals surface area contributed by atoms with Gasteiger partial charge in [0, 0.05) is 0 Å². The second-order valence-corrected chi connectivity index (χ2v) is 4.72. The summed E-state index contributed by atoms with van der Waals surface area (Å²) < 4.78 is 55.4. The molecule has 11 heteroatoms. The van der Waals surface area contributed by atoms with Crippen molar-refractivity contribution in [3.05, 3.63) is 0 Å². The molecule has 0 atom stereocenters. The molecule has 0 aliphatic carbocycles. The Labute approximate surface area is 105 Å². The smallest absolute Gasteiger partial charge is 1.00 e. The van der Waals surface area contributed by atoms with E-state index in [9.17, 15) is 16.8 Å². The minimum absolute atomic E-state index is 0. The minimum atomic E-state index is -4.30. The summed E-state index contributed by atoms with van der Waals surface area (Å²) in [4.78, 5) is 0. The number of halogens is 2. The first-order valence-electron chi connectivity index (χ1n) is 2.11. The van der Waals surface area contributed by atoms with Crippen LogP contribution in [0, 0.1) is 0 Å². The van der Waals surface area contributed by atoms with Gasteiger partial charge < -0.3 is 24.8 Å². The predicted octanol–water partition coefficient (Wildman–Crippen LogP) is -7.61. The van der Waals surface area contributed by atoms with E-state index < -0.39 is 31.7 Å². The molecule has 6 nitrogen and oxygen atoms in total. The average molecular weight is 285 g/mol. The third kappa shape index (κ3) is 24.6. The second kappa shape index (κ2) is 8.47. The molecule has 0 aromatic heterocycles. The fourth-order valence-electron chi connectivity index (χ4n) is 0.211. The van der Waals surface area contributed by atoms with Crippen LogP contribution in [0.25, 0.3) is 0 Å². The van der Waals surface area contributed by atoms with Crippen molar-refractivity contribution in [3.63, 3.8) is 0 Å². The zero-order valence-corrected chi connectivity index (χ0v) is 10.8. The molecule has 13 heavy (non-hydrogen) atoms. The van der Waals surface area contributed by atoms with Gasteiger partial charge in [0.2, 0.25) is 0 Å². The van der Waals surface area contributed by atoms with Gasteiger partial charge in [-0.2, -0.15) is 16.8 Å². The topological polar surface area (TPSA) is 109 Å². The molecule has 0 rings (SSSR count). The van der Waals surface area contributed by atoms with Crippen molar-refractivity contribution < 1.29 is 50.8 Å². The van der Waals surface area contributed by atoms with Gasteiger partial charge in [-0.15, -0.1) is 0 Å². The van der Waals surface area contributed by atoms with Crippen LogP contribution < -0.4 is 24.8 Å². The maximum Gasteiger partial charge on any atom is 2.00 e. The summed E-state index contributed by atoms with van der Waals surface area (Å²) in [5.74, 6) is -1.96. The van der Waals surface area contributed by atoms with E-state index in [1.165, 1.54) is 0 Å². The van der Waals surface area contributed by atoms with Crippen LogP contribution in [0.1, 0.15) is 0 Å². The molecule has 0 aliphatic rings. The van der Waals surface area contributed by atoms with E-state index in [1.54, 1.807) is 0 Å². The van der Waals surface area contributed by atoms with Gasteiger partial charge >= 0.3 is 23.1 Å². The Morgan fingerprint density at radius 1 is 0.769 bits per heavy atom. The SMILES string of the molecule is O=S(=O)(O)CCS(=O)(=O)O.[Cl-].[Cl-].[Mg+2]. The molecule has 0 aromatic rings. The largest absolute Gasteiger partial charge is 2.00 e. The van der Waals surface area contributed by atoms with Gasteiger partial charge in [-0.3, -0.25) is 9.11 Å². The van der Waals surface area contributed by atoms with Gasteiger partial charge in [0.05, 0.1) is 11.5 Å². The predicted molar refractivity (Wildman–Crippen MR) is 38.6 cm³/mol. The first-order chi connectivity index (χ1) is 4.21. The van der Waals surface area contributed by atoms with Crippen LogP contribution in [-0.4, -0.2) is 60.5 Å². The first-order valence-corrected chi connectivity index (χ1v) is 5.33. The van der Waals surface area contributed by atoms with Crippen LogP contribution >= 0.6 is 0 Å². The molecule has 0 aromatic carbocycles. The van der Waals surface area contributed by atoms with Crippen molar-refractivity contribution >= 4 is 43.3 Å². The molecule has 78 valence electrons. The quantitative estimate of drug-likeness (QED) is 0.394. The van der Waals surface area contributed by atoms with Crippen LogP contribution in [0.2, 0.25) is 0 Å². The normalized spacial score (nSPS) is 10.3. The van der Waals surface area contributed by atoms with Crippen LogP contribution in [0.3, 0.4) is 0 Å². The minimum Gasteiger partial charge on any atom is -1.00 e. The third-order valence-electron chi connectivity index (χ3n) is 0.599. The van der Waals surface area contributed by atoms with Gasteiger partial charge in [-0.25, -0.2) is 0 Å². The third-order valence-corrected chi connectivity index (χ3v) is 2.30. The van der Waals surface area contributed by atoms with E-state index in [4.69, 9.17) is 9.11 Å². The van der Waals surface area contributed by atoms with Crippen molar-refractivity contribution in [2.24, 2.45) is 0 Å². The summed E-state index contributed by atoms with van der Waals surface area (Å²) in [6.45, 7) is 0. The molecule has 0 spiro atoms. The van der Waals surface area contributed by atoms with E-state index in [-0.39, 0.29) is 47.9 Å². The molecule has 0 saturated heterocycles. The Morgan fingerprint density at radius 3 is 1.00 bits per heavy atom. The Hall–Kier alpha value is 1.17. The van der Waals surface area contributed by atoms with Crippen LogP contribution in [0.4, 0.5) is 0 Å². The standard InChI is InChI=1S/C2H6O6S2.2ClH.Mg/c3-9(4,5)1-2-10(6,7)8;;;/h1-2H2,(H,3,4,5)(H,6,7,8);2*1H;/q;;;+2/p-2. The fourth-order valence-corrected chi connectivity index (χ4v) is 1.90. The van der Waals surface area contributed by atoms with Crippen LogP contribution in [-0.2, 0) is 20.2 Å². The summed E-state index contributed by atoms with van der Waals surface area (Å²) in [5, 5.41) is 0. The maximum atomic E-state index is 9.86. The van der Waals surface area contributed by atoms with Gasteiger partial charge in [-0.1, -0.05) is 0 Å². The molecule has 0 aliphatic heterocycles. The summed E-state index contributed by atoms with van der Waals surface area (Å²) in [7, 11) is -8.59. The summed E-state index contributed by atoms with van der Waals surface area (Å²) in [6, 6.07) is 0. The van der Waals surface area contributed by atoms with Gasteiger partial charge in [-0.05, 0) is 0 Å². The zero-order chi connectivity index (χ0) is 8.41. The molecule has 0 bridgehead atoms. The van der Waals surface area contributed by atoms with Crippen molar-refractivity contribution in [3.8, 4) is 0 Å². The molecule has 0 heterocycles. The number of hydrogen-bond donors (Lipinski definition) is 2. The van der Waals surface area contributed by atoms with Crippen LogP contribution in [0.15, 0.2) is 0 Å². The molecule has 0 fully saturated rings. The van der Waals surface area contributed by atoms with Crippen molar-refractivity contribution in [1.29, 1.82) is 0 Å². The Kier molecular flexibility index (Phi) is 15.5. The molecule has 2 N–H and O–H groups in total. The Bertz CT molecular complexity index is 263. The monoisotopic (exact) mass is 284 g/mol. The van der Waals surface area contributed by atoms with E-state index in [1.807, 2.05) is 0 Å². The molecule has 0 amide bonds. The summed E-state index contributed by atoms with van der Waals surface area (Å²) >= 11 is 0. The van der Waals surface area contributed by atoms with Crippen LogP contribution in [0.5, 0.6) is 0 Å². The summed E-state index contributed by atoms with van der Waals surface area (Å²) in [5.41, 5.74) is 0.